The number of rotatable bonds is 5. The molecule has 2 N–H and O–H groups in total. The maximum Gasteiger partial charge on any atom is 0.303 e. The van der Waals surface area contributed by atoms with Crippen molar-refractivity contribution in [3.05, 3.63) is 17.7 Å². The number of hydrogen-bond acceptors (Lipinski definition) is 4. The Bertz CT molecular complexity index is 377. The quantitative estimate of drug-likeness (QED) is 0.795. The van der Waals surface area contributed by atoms with Gasteiger partial charge in [-0.25, -0.2) is 9.97 Å². The molecule has 1 aromatic heterocycles. The molecule has 88 valence electrons. The van der Waals surface area contributed by atoms with Crippen molar-refractivity contribution in [2.45, 2.75) is 39.0 Å². The van der Waals surface area contributed by atoms with Crippen LogP contribution in [0.2, 0.25) is 0 Å². The fourth-order valence-electron chi connectivity index (χ4n) is 1.30. The smallest absolute Gasteiger partial charge is 0.303 e. The summed E-state index contributed by atoms with van der Waals surface area (Å²) in [6.07, 6.45) is 2.39. The number of nitrogens with zero attached hydrogens (tertiary/aromatic N) is 2. The summed E-state index contributed by atoms with van der Waals surface area (Å²) in [5.41, 5.74) is 0.528. The van der Waals surface area contributed by atoms with E-state index in [2.05, 4.69) is 9.97 Å². The number of carbonyl (C=O) groups is 1. The van der Waals surface area contributed by atoms with Crippen LogP contribution in [0.3, 0.4) is 0 Å². The minimum Gasteiger partial charge on any atom is -0.504 e. The van der Waals surface area contributed by atoms with E-state index >= 15 is 0 Å². The van der Waals surface area contributed by atoms with Crippen LogP contribution >= 0.6 is 0 Å². The predicted octanol–water partition coefficient (Wildman–Crippen LogP) is 1.71. The van der Waals surface area contributed by atoms with Crippen LogP contribution < -0.4 is 0 Å². The zero-order valence-electron chi connectivity index (χ0n) is 9.47. The normalized spacial score (nSPS) is 10.7. The van der Waals surface area contributed by atoms with Crippen molar-refractivity contribution in [2.75, 3.05) is 0 Å². The van der Waals surface area contributed by atoms with Gasteiger partial charge in [0.05, 0.1) is 11.9 Å². The summed E-state index contributed by atoms with van der Waals surface area (Å²) < 4.78 is 0. The topological polar surface area (TPSA) is 83.3 Å². The highest BCUT2D eigenvalue weighted by molar-refractivity contribution is 5.66. The number of carboxylic acid groups (broad SMARTS) is 1. The minimum absolute atomic E-state index is 0.0368. The Labute approximate surface area is 94.2 Å². The van der Waals surface area contributed by atoms with Crippen molar-refractivity contribution in [3.8, 4) is 5.75 Å². The first-order chi connectivity index (χ1) is 7.50. The summed E-state index contributed by atoms with van der Waals surface area (Å²) in [6, 6.07) is 0. The Hall–Kier alpha value is -1.65. The average Bonchev–Trinajstić information content (AvgIpc) is 2.20. The number of aliphatic carboxylic acids is 1. The molecule has 5 nitrogen and oxygen atoms in total. The minimum atomic E-state index is -0.836. The van der Waals surface area contributed by atoms with Crippen LogP contribution in [0.1, 0.15) is 44.1 Å². The standard InChI is InChI=1S/C11H16N2O3/c1-7(2)11-12-6-9(14)8(13-11)4-3-5-10(15)16/h6-7,14H,3-5H2,1-2H3,(H,15,16). The van der Waals surface area contributed by atoms with Crippen LogP contribution in [0.5, 0.6) is 5.75 Å². The third-order valence-corrected chi connectivity index (χ3v) is 2.18. The van der Waals surface area contributed by atoms with E-state index in [0.717, 1.165) is 0 Å². The molecule has 0 fully saturated rings. The van der Waals surface area contributed by atoms with Gasteiger partial charge in [-0.05, 0) is 12.8 Å². The SMILES string of the molecule is CC(C)c1ncc(O)c(CCCC(=O)O)n1. The first-order valence-electron chi connectivity index (χ1n) is 5.27. The maximum absolute atomic E-state index is 10.4. The van der Waals surface area contributed by atoms with Crippen molar-refractivity contribution in [2.24, 2.45) is 0 Å². The molecule has 0 aromatic carbocycles. The molecule has 0 radical (unpaired) electrons. The lowest BCUT2D eigenvalue weighted by molar-refractivity contribution is -0.137. The first kappa shape index (κ1) is 12.4. The number of aromatic nitrogens is 2. The Kier molecular flexibility index (Phi) is 4.22. The van der Waals surface area contributed by atoms with Gasteiger partial charge in [-0.15, -0.1) is 0 Å². The average molecular weight is 224 g/mol. The van der Waals surface area contributed by atoms with Gasteiger partial charge >= 0.3 is 5.97 Å². The lowest BCUT2D eigenvalue weighted by Crippen LogP contribution is -2.03. The van der Waals surface area contributed by atoms with Crippen molar-refractivity contribution < 1.29 is 15.0 Å². The van der Waals surface area contributed by atoms with Gasteiger partial charge in [-0.2, -0.15) is 0 Å². The van der Waals surface area contributed by atoms with E-state index in [-0.39, 0.29) is 18.1 Å². The molecule has 0 amide bonds. The molecule has 0 atom stereocenters. The maximum atomic E-state index is 10.4. The summed E-state index contributed by atoms with van der Waals surface area (Å²) in [7, 11) is 0. The lowest BCUT2D eigenvalue weighted by atomic mass is 10.1. The summed E-state index contributed by atoms with van der Waals surface area (Å²) >= 11 is 0. The van der Waals surface area contributed by atoms with Gasteiger partial charge in [0.15, 0.2) is 5.75 Å². The van der Waals surface area contributed by atoms with E-state index in [9.17, 15) is 9.90 Å². The number of aromatic hydroxyl groups is 1. The molecule has 0 bridgehead atoms. The van der Waals surface area contributed by atoms with Crippen LogP contribution in [-0.2, 0) is 11.2 Å². The molecule has 0 unspecified atom stereocenters. The predicted molar refractivity (Wildman–Crippen MR) is 58.4 cm³/mol. The molecule has 5 heteroatoms. The van der Waals surface area contributed by atoms with Crippen molar-refractivity contribution >= 4 is 5.97 Å². The Morgan fingerprint density at radius 3 is 2.75 bits per heavy atom. The van der Waals surface area contributed by atoms with Gasteiger partial charge in [0, 0.05) is 12.3 Å². The lowest BCUT2D eigenvalue weighted by Gasteiger charge is -2.07. The van der Waals surface area contributed by atoms with Gasteiger partial charge < -0.3 is 10.2 Å². The fraction of sp³-hybridized carbons (Fsp3) is 0.545. The van der Waals surface area contributed by atoms with E-state index < -0.39 is 5.97 Å². The second-order valence-electron chi connectivity index (χ2n) is 3.96. The Morgan fingerprint density at radius 2 is 2.19 bits per heavy atom. The summed E-state index contributed by atoms with van der Waals surface area (Å²) in [6.45, 7) is 3.93. The van der Waals surface area contributed by atoms with E-state index in [0.29, 0.717) is 24.4 Å². The third-order valence-electron chi connectivity index (χ3n) is 2.18. The number of carboxylic acids is 1. The van der Waals surface area contributed by atoms with Gasteiger partial charge in [0.2, 0.25) is 0 Å². The monoisotopic (exact) mass is 224 g/mol. The van der Waals surface area contributed by atoms with E-state index in [1.165, 1.54) is 6.20 Å². The molecule has 0 aliphatic carbocycles. The highest BCUT2D eigenvalue weighted by Crippen LogP contribution is 2.18. The number of hydrogen-bond donors (Lipinski definition) is 2. The second-order valence-corrected chi connectivity index (χ2v) is 3.96. The molecule has 16 heavy (non-hydrogen) atoms. The van der Waals surface area contributed by atoms with E-state index in [1.54, 1.807) is 0 Å². The van der Waals surface area contributed by atoms with Gasteiger partial charge in [0.1, 0.15) is 5.82 Å². The Morgan fingerprint density at radius 1 is 1.50 bits per heavy atom. The first-order valence-corrected chi connectivity index (χ1v) is 5.27. The largest absolute Gasteiger partial charge is 0.504 e. The molecule has 1 rings (SSSR count). The van der Waals surface area contributed by atoms with Crippen LogP contribution in [-0.4, -0.2) is 26.2 Å². The van der Waals surface area contributed by atoms with Crippen LogP contribution in [0.4, 0.5) is 0 Å². The molecule has 0 saturated heterocycles. The van der Waals surface area contributed by atoms with Crippen molar-refractivity contribution in [1.82, 2.24) is 9.97 Å². The molecule has 0 aliphatic rings. The van der Waals surface area contributed by atoms with Crippen LogP contribution in [0.25, 0.3) is 0 Å². The summed E-state index contributed by atoms with van der Waals surface area (Å²) in [5.74, 6) is 0.0642. The molecule has 1 heterocycles. The fourth-order valence-corrected chi connectivity index (χ4v) is 1.30. The van der Waals surface area contributed by atoms with Gasteiger partial charge in [0.25, 0.3) is 0 Å². The molecule has 0 saturated carbocycles. The zero-order chi connectivity index (χ0) is 12.1. The second kappa shape index (κ2) is 5.44. The zero-order valence-corrected chi connectivity index (χ0v) is 9.47. The molecule has 1 aromatic rings. The van der Waals surface area contributed by atoms with E-state index in [4.69, 9.17) is 5.11 Å². The summed E-state index contributed by atoms with van der Waals surface area (Å²) in [4.78, 5) is 18.6. The number of aryl methyl sites for hydroxylation is 1. The van der Waals surface area contributed by atoms with Gasteiger partial charge in [-0.3, -0.25) is 4.79 Å². The van der Waals surface area contributed by atoms with Gasteiger partial charge in [-0.1, -0.05) is 13.8 Å². The molecule has 0 aliphatic heterocycles. The molecular formula is C11H16N2O3. The Balaban J connectivity index is 2.70. The highest BCUT2D eigenvalue weighted by Gasteiger charge is 2.09. The van der Waals surface area contributed by atoms with Crippen molar-refractivity contribution in [1.29, 1.82) is 0 Å². The van der Waals surface area contributed by atoms with Crippen LogP contribution in [0, 0.1) is 0 Å². The third kappa shape index (κ3) is 3.49. The summed E-state index contributed by atoms with van der Waals surface area (Å²) in [5, 5.41) is 18.0. The van der Waals surface area contributed by atoms with Crippen LogP contribution in [0.15, 0.2) is 6.20 Å². The van der Waals surface area contributed by atoms with Crippen molar-refractivity contribution in [3.63, 3.8) is 0 Å². The molecular weight excluding hydrogens is 208 g/mol. The molecule has 0 spiro atoms. The highest BCUT2D eigenvalue weighted by atomic mass is 16.4. The van der Waals surface area contributed by atoms with E-state index in [1.807, 2.05) is 13.8 Å².